The Hall–Kier alpha value is -2.20. The van der Waals surface area contributed by atoms with Crippen molar-refractivity contribution in [2.45, 2.75) is 18.9 Å². The van der Waals surface area contributed by atoms with Crippen LogP contribution in [0.1, 0.15) is 23.3 Å². The number of likely N-dealkylation sites (tertiary alicyclic amines) is 1. The van der Waals surface area contributed by atoms with Gasteiger partial charge in [-0.25, -0.2) is 9.78 Å². The predicted molar refractivity (Wildman–Crippen MR) is 94.2 cm³/mol. The van der Waals surface area contributed by atoms with Crippen LogP contribution in [0.4, 0.5) is 5.13 Å². The molecule has 0 spiro atoms. The van der Waals surface area contributed by atoms with Crippen molar-refractivity contribution in [1.29, 1.82) is 0 Å². The van der Waals surface area contributed by atoms with Crippen LogP contribution in [0.3, 0.4) is 0 Å². The maximum absolute atomic E-state index is 12.3. The average molecular weight is 382 g/mol. The number of morpholine rings is 1. The standard InChI is InChI=1S/C16H22N4O5S/c1-24-15(23)12-3-2-4-20(12)13(21)9-17-14(22)11-10-26-16(18-11)19-5-7-25-8-6-19/h10,12H,2-9H2,1H3,(H,17,22). The number of carbonyl (C=O) groups is 3. The summed E-state index contributed by atoms with van der Waals surface area (Å²) in [4.78, 5) is 44.2. The molecule has 2 amide bonds. The fourth-order valence-corrected chi connectivity index (χ4v) is 3.92. The van der Waals surface area contributed by atoms with E-state index >= 15 is 0 Å². The summed E-state index contributed by atoms with van der Waals surface area (Å²) in [6.07, 6.45) is 1.33. The van der Waals surface area contributed by atoms with Gasteiger partial charge in [0.05, 0.1) is 26.9 Å². The Balaban J connectivity index is 1.53. The van der Waals surface area contributed by atoms with Crippen molar-refractivity contribution in [2.24, 2.45) is 0 Å². The molecule has 10 heteroatoms. The fourth-order valence-electron chi connectivity index (χ4n) is 3.06. The molecule has 1 atom stereocenters. The van der Waals surface area contributed by atoms with Crippen molar-refractivity contribution in [3.05, 3.63) is 11.1 Å². The van der Waals surface area contributed by atoms with E-state index in [2.05, 4.69) is 15.2 Å². The highest BCUT2D eigenvalue weighted by atomic mass is 32.1. The number of esters is 1. The van der Waals surface area contributed by atoms with Crippen LogP contribution < -0.4 is 10.2 Å². The first kappa shape index (κ1) is 18.6. The van der Waals surface area contributed by atoms with E-state index < -0.39 is 17.9 Å². The molecule has 0 aliphatic carbocycles. The van der Waals surface area contributed by atoms with Gasteiger partial charge in [-0.15, -0.1) is 11.3 Å². The molecule has 2 saturated heterocycles. The highest BCUT2D eigenvalue weighted by molar-refractivity contribution is 7.13. The molecule has 2 aliphatic heterocycles. The third kappa shape index (κ3) is 4.13. The topological polar surface area (TPSA) is 101 Å². The van der Waals surface area contributed by atoms with Crippen molar-refractivity contribution in [3.63, 3.8) is 0 Å². The number of aromatic nitrogens is 1. The second-order valence-electron chi connectivity index (χ2n) is 6.07. The molecule has 142 valence electrons. The molecule has 1 N–H and O–H groups in total. The van der Waals surface area contributed by atoms with Crippen molar-refractivity contribution in [3.8, 4) is 0 Å². The Morgan fingerprint density at radius 1 is 1.35 bits per heavy atom. The highest BCUT2D eigenvalue weighted by Crippen LogP contribution is 2.21. The van der Waals surface area contributed by atoms with Gasteiger partial charge in [-0.3, -0.25) is 9.59 Å². The number of rotatable bonds is 5. The first-order chi connectivity index (χ1) is 12.6. The second-order valence-corrected chi connectivity index (χ2v) is 6.90. The van der Waals surface area contributed by atoms with Crippen molar-refractivity contribution < 1.29 is 23.9 Å². The van der Waals surface area contributed by atoms with Gasteiger partial charge in [0.15, 0.2) is 5.13 Å². The smallest absolute Gasteiger partial charge is 0.328 e. The fraction of sp³-hybridized carbons (Fsp3) is 0.625. The van der Waals surface area contributed by atoms with E-state index in [1.165, 1.54) is 23.3 Å². The quantitative estimate of drug-likeness (QED) is 0.708. The number of nitrogens with zero attached hydrogens (tertiary/aromatic N) is 3. The van der Waals surface area contributed by atoms with Gasteiger partial charge in [0.25, 0.3) is 5.91 Å². The second kappa shape index (κ2) is 8.45. The number of hydrogen-bond donors (Lipinski definition) is 1. The van der Waals surface area contributed by atoms with Crippen molar-refractivity contribution in [1.82, 2.24) is 15.2 Å². The first-order valence-corrected chi connectivity index (χ1v) is 9.42. The van der Waals surface area contributed by atoms with Gasteiger partial charge in [-0.1, -0.05) is 0 Å². The molecule has 1 aromatic heterocycles. The van der Waals surface area contributed by atoms with Gasteiger partial charge in [-0.2, -0.15) is 0 Å². The molecular formula is C16H22N4O5S. The SMILES string of the molecule is COC(=O)C1CCCN1C(=O)CNC(=O)c1csc(N2CCOCC2)n1. The summed E-state index contributed by atoms with van der Waals surface area (Å²) in [5, 5.41) is 5.04. The van der Waals surface area contributed by atoms with Crippen LogP contribution in [0.2, 0.25) is 0 Å². The van der Waals surface area contributed by atoms with Crippen LogP contribution >= 0.6 is 11.3 Å². The third-order valence-electron chi connectivity index (χ3n) is 4.45. The summed E-state index contributed by atoms with van der Waals surface area (Å²) < 4.78 is 10.0. The lowest BCUT2D eigenvalue weighted by atomic mass is 10.2. The van der Waals surface area contributed by atoms with E-state index in [1.54, 1.807) is 5.38 Å². The Kier molecular flexibility index (Phi) is 6.04. The molecule has 3 heterocycles. The van der Waals surface area contributed by atoms with Crippen LogP contribution in [-0.4, -0.2) is 80.2 Å². The van der Waals surface area contributed by atoms with Gasteiger partial charge >= 0.3 is 5.97 Å². The van der Waals surface area contributed by atoms with Crippen LogP contribution in [0, 0.1) is 0 Å². The number of anilines is 1. The van der Waals surface area contributed by atoms with E-state index in [0.717, 1.165) is 24.6 Å². The molecule has 0 saturated carbocycles. The molecule has 9 nitrogen and oxygen atoms in total. The van der Waals surface area contributed by atoms with E-state index in [4.69, 9.17) is 9.47 Å². The molecular weight excluding hydrogens is 360 g/mol. The van der Waals surface area contributed by atoms with Gasteiger partial charge in [-0.05, 0) is 12.8 Å². The van der Waals surface area contributed by atoms with E-state index in [-0.39, 0.29) is 18.1 Å². The van der Waals surface area contributed by atoms with E-state index in [1.807, 2.05) is 0 Å². The molecule has 1 aromatic rings. The summed E-state index contributed by atoms with van der Waals surface area (Å²) >= 11 is 1.39. The number of thiazole rings is 1. The lowest BCUT2D eigenvalue weighted by Crippen LogP contribution is -2.45. The molecule has 2 fully saturated rings. The number of nitrogens with one attached hydrogen (secondary N) is 1. The minimum Gasteiger partial charge on any atom is -0.467 e. The van der Waals surface area contributed by atoms with Crippen LogP contribution in [0.5, 0.6) is 0 Å². The molecule has 2 aliphatic rings. The molecule has 0 radical (unpaired) electrons. The zero-order valence-corrected chi connectivity index (χ0v) is 15.4. The monoisotopic (exact) mass is 382 g/mol. The summed E-state index contributed by atoms with van der Waals surface area (Å²) in [6.45, 7) is 3.11. The highest BCUT2D eigenvalue weighted by Gasteiger charge is 2.34. The zero-order valence-electron chi connectivity index (χ0n) is 14.6. The average Bonchev–Trinajstić information content (AvgIpc) is 3.35. The predicted octanol–water partition coefficient (Wildman–Crippen LogP) is -0.126. The third-order valence-corrected chi connectivity index (χ3v) is 5.35. The molecule has 3 rings (SSSR count). The molecule has 0 aromatic carbocycles. The van der Waals surface area contributed by atoms with E-state index in [9.17, 15) is 14.4 Å². The Labute approximate surface area is 155 Å². The number of carbonyl (C=O) groups excluding carboxylic acids is 3. The van der Waals surface area contributed by atoms with Crippen LogP contribution in [0.15, 0.2) is 5.38 Å². The van der Waals surface area contributed by atoms with Crippen LogP contribution in [0.25, 0.3) is 0 Å². The number of hydrogen-bond acceptors (Lipinski definition) is 8. The Morgan fingerprint density at radius 2 is 2.12 bits per heavy atom. The van der Waals surface area contributed by atoms with Crippen LogP contribution in [-0.2, 0) is 19.1 Å². The first-order valence-electron chi connectivity index (χ1n) is 8.54. The molecule has 0 bridgehead atoms. The van der Waals surface area contributed by atoms with E-state index in [0.29, 0.717) is 26.2 Å². The normalized spacial score (nSPS) is 20.1. The van der Waals surface area contributed by atoms with Gasteiger partial charge < -0.3 is 24.6 Å². The van der Waals surface area contributed by atoms with Gasteiger partial charge in [0.2, 0.25) is 5.91 Å². The Bertz CT molecular complexity index is 673. The Morgan fingerprint density at radius 3 is 2.85 bits per heavy atom. The maximum Gasteiger partial charge on any atom is 0.328 e. The van der Waals surface area contributed by atoms with Crippen molar-refractivity contribution >= 4 is 34.3 Å². The van der Waals surface area contributed by atoms with Gasteiger partial charge in [0.1, 0.15) is 11.7 Å². The largest absolute Gasteiger partial charge is 0.467 e. The van der Waals surface area contributed by atoms with Gasteiger partial charge in [0, 0.05) is 25.0 Å². The zero-order chi connectivity index (χ0) is 18.5. The molecule has 26 heavy (non-hydrogen) atoms. The maximum atomic E-state index is 12.3. The number of ether oxygens (including phenoxy) is 2. The lowest BCUT2D eigenvalue weighted by molar-refractivity contribution is -0.150. The minimum atomic E-state index is -0.559. The lowest BCUT2D eigenvalue weighted by Gasteiger charge is -2.25. The number of amides is 2. The van der Waals surface area contributed by atoms with Crippen molar-refractivity contribution in [2.75, 3.05) is 51.4 Å². The minimum absolute atomic E-state index is 0.170. The number of methoxy groups -OCH3 is 1. The molecule has 1 unspecified atom stereocenters. The summed E-state index contributed by atoms with van der Waals surface area (Å²) in [5.74, 6) is -1.12. The summed E-state index contributed by atoms with van der Waals surface area (Å²) in [7, 11) is 1.30. The summed E-state index contributed by atoms with van der Waals surface area (Å²) in [5.41, 5.74) is 0.287. The summed E-state index contributed by atoms with van der Waals surface area (Å²) in [6, 6.07) is -0.559.